The van der Waals surface area contributed by atoms with Crippen LogP contribution < -0.4 is 14.9 Å². The molecular weight excluding hydrogens is 420 g/mol. The highest BCUT2D eigenvalue weighted by atomic mass is 16.5. The monoisotopic (exact) mass is 442 g/mol. The maximum absolute atomic E-state index is 12.8. The Bertz CT molecular complexity index is 1330. The van der Waals surface area contributed by atoms with Gasteiger partial charge in [-0.1, -0.05) is 36.9 Å². The van der Waals surface area contributed by atoms with Crippen molar-refractivity contribution in [2.24, 2.45) is 0 Å². The molecule has 6 nitrogen and oxygen atoms in total. The molecule has 1 heterocycles. The van der Waals surface area contributed by atoms with Gasteiger partial charge in [-0.15, -0.1) is 0 Å². The number of hydrogen-bond donors (Lipinski definition) is 0. The molecule has 0 spiro atoms. The molecule has 4 aromatic rings. The molecule has 0 aliphatic rings. The van der Waals surface area contributed by atoms with Crippen LogP contribution in [0.2, 0.25) is 0 Å². The summed E-state index contributed by atoms with van der Waals surface area (Å²) in [5, 5.41) is 0.373. The Kier molecular flexibility index (Phi) is 6.55. The number of rotatable bonds is 8. The van der Waals surface area contributed by atoms with Crippen LogP contribution in [0.3, 0.4) is 0 Å². The Labute approximate surface area is 190 Å². The highest BCUT2D eigenvalue weighted by Crippen LogP contribution is 2.25. The Balaban J connectivity index is 1.47. The van der Waals surface area contributed by atoms with E-state index in [0.29, 0.717) is 41.2 Å². The second-order valence-electron chi connectivity index (χ2n) is 7.17. The van der Waals surface area contributed by atoms with E-state index in [1.807, 2.05) is 24.3 Å². The maximum Gasteiger partial charge on any atom is 0.338 e. The first-order chi connectivity index (χ1) is 16.1. The molecule has 0 unspecified atom stereocenters. The zero-order valence-corrected chi connectivity index (χ0v) is 18.1. The molecule has 166 valence electrons. The number of fused-ring (bicyclic) bond motifs is 1. The molecule has 33 heavy (non-hydrogen) atoms. The number of ether oxygens (including phenoxy) is 3. The van der Waals surface area contributed by atoms with E-state index < -0.39 is 5.97 Å². The van der Waals surface area contributed by atoms with Crippen molar-refractivity contribution in [2.75, 3.05) is 6.61 Å². The number of benzene rings is 3. The third kappa shape index (κ3) is 5.13. The summed E-state index contributed by atoms with van der Waals surface area (Å²) in [6, 6.07) is 19.3. The van der Waals surface area contributed by atoms with Gasteiger partial charge in [0.2, 0.25) is 11.2 Å². The minimum atomic E-state index is -0.416. The van der Waals surface area contributed by atoms with Gasteiger partial charge in [-0.3, -0.25) is 4.79 Å². The fourth-order valence-corrected chi connectivity index (χ4v) is 3.17. The van der Waals surface area contributed by atoms with Crippen molar-refractivity contribution in [1.29, 1.82) is 0 Å². The van der Waals surface area contributed by atoms with Crippen molar-refractivity contribution >= 4 is 23.0 Å². The minimum Gasteiger partial charge on any atom is -0.489 e. The van der Waals surface area contributed by atoms with Gasteiger partial charge in [0.1, 0.15) is 30.0 Å². The second-order valence-corrected chi connectivity index (χ2v) is 7.17. The zero-order valence-electron chi connectivity index (χ0n) is 18.1. The van der Waals surface area contributed by atoms with E-state index in [1.165, 1.54) is 6.26 Å². The van der Waals surface area contributed by atoms with Crippen LogP contribution in [-0.4, -0.2) is 12.6 Å². The SMILES string of the molecule is C=Cc1ccc(COc2ccc3c(=O)c(Oc4ccc(C(=O)OCC)cc4)coc3c2)cc1. The highest BCUT2D eigenvalue weighted by Gasteiger charge is 2.12. The standard InChI is InChI=1S/C27H22O6/c1-3-18-5-7-19(8-6-18)16-31-22-13-14-23-24(15-22)32-17-25(26(23)28)33-21-11-9-20(10-12-21)27(29)30-4-2/h3,5-15,17H,1,4,16H2,2H3. The van der Waals surface area contributed by atoms with E-state index in [9.17, 15) is 9.59 Å². The molecule has 6 heteroatoms. The fraction of sp³-hybridized carbons (Fsp3) is 0.111. The normalized spacial score (nSPS) is 10.6. The van der Waals surface area contributed by atoms with Gasteiger partial charge >= 0.3 is 5.97 Å². The van der Waals surface area contributed by atoms with Crippen molar-refractivity contribution in [3.05, 3.63) is 106 Å². The molecule has 0 saturated carbocycles. The van der Waals surface area contributed by atoms with Gasteiger partial charge in [0, 0.05) is 6.07 Å². The van der Waals surface area contributed by atoms with Crippen LogP contribution >= 0.6 is 0 Å². The van der Waals surface area contributed by atoms with Gasteiger partial charge in [-0.25, -0.2) is 4.79 Å². The predicted molar refractivity (Wildman–Crippen MR) is 126 cm³/mol. The van der Waals surface area contributed by atoms with Gasteiger partial charge in [0.25, 0.3) is 0 Å². The molecule has 0 saturated heterocycles. The number of carbonyl (C=O) groups is 1. The van der Waals surface area contributed by atoms with Crippen molar-refractivity contribution in [3.63, 3.8) is 0 Å². The van der Waals surface area contributed by atoms with E-state index in [0.717, 1.165) is 11.1 Å². The van der Waals surface area contributed by atoms with Gasteiger partial charge in [0.15, 0.2) is 0 Å². The molecule has 3 aromatic carbocycles. The fourth-order valence-electron chi connectivity index (χ4n) is 3.17. The summed E-state index contributed by atoms with van der Waals surface area (Å²) in [6.07, 6.45) is 3.05. The summed E-state index contributed by atoms with van der Waals surface area (Å²) in [4.78, 5) is 24.6. The Morgan fingerprint density at radius 1 is 1.00 bits per heavy atom. The van der Waals surface area contributed by atoms with Crippen molar-refractivity contribution in [3.8, 4) is 17.2 Å². The summed E-state index contributed by atoms with van der Waals surface area (Å²) in [5.74, 6) is 0.613. The lowest BCUT2D eigenvalue weighted by molar-refractivity contribution is 0.0526. The van der Waals surface area contributed by atoms with Crippen LogP contribution in [0.4, 0.5) is 0 Å². The Hall–Kier alpha value is -4.32. The molecule has 0 aliphatic heterocycles. The maximum atomic E-state index is 12.8. The summed E-state index contributed by atoms with van der Waals surface area (Å²) in [5.41, 5.74) is 2.54. The van der Waals surface area contributed by atoms with E-state index in [-0.39, 0.29) is 11.2 Å². The molecule has 0 amide bonds. The predicted octanol–water partition coefficient (Wildman–Crippen LogP) is 5.98. The van der Waals surface area contributed by atoms with Gasteiger partial charge in [-0.05, 0) is 54.4 Å². The molecule has 4 rings (SSSR count). The quantitative estimate of drug-likeness (QED) is 0.312. The molecule has 0 N–H and O–H groups in total. The van der Waals surface area contributed by atoms with Crippen molar-refractivity contribution in [2.45, 2.75) is 13.5 Å². The lowest BCUT2D eigenvalue weighted by atomic mass is 10.1. The first kappa shape index (κ1) is 21.9. The molecule has 0 atom stereocenters. The summed E-state index contributed by atoms with van der Waals surface area (Å²) in [6.45, 7) is 6.17. The third-order valence-electron chi connectivity index (χ3n) is 4.93. The van der Waals surface area contributed by atoms with Crippen LogP contribution in [0.1, 0.15) is 28.4 Å². The first-order valence-electron chi connectivity index (χ1n) is 10.4. The first-order valence-corrected chi connectivity index (χ1v) is 10.4. The van der Waals surface area contributed by atoms with Crippen LogP contribution in [-0.2, 0) is 11.3 Å². The van der Waals surface area contributed by atoms with E-state index in [2.05, 4.69) is 6.58 Å². The highest BCUT2D eigenvalue weighted by molar-refractivity contribution is 5.89. The van der Waals surface area contributed by atoms with Crippen molar-refractivity contribution < 1.29 is 23.4 Å². The molecule has 0 radical (unpaired) electrons. The average Bonchev–Trinajstić information content (AvgIpc) is 2.85. The third-order valence-corrected chi connectivity index (χ3v) is 4.93. The Morgan fingerprint density at radius 3 is 2.42 bits per heavy atom. The van der Waals surface area contributed by atoms with Crippen LogP contribution in [0.25, 0.3) is 17.0 Å². The Morgan fingerprint density at radius 2 is 1.73 bits per heavy atom. The van der Waals surface area contributed by atoms with Gasteiger partial charge in [-0.2, -0.15) is 0 Å². The lowest BCUT2D eigenvalue weighted by Gasteiger charge is -2.09. The van der Waals surface area contributed by atoms with Crippen LogP contribution in [0.5, 0.6) is 17.2 Å². The average molecular weight is 442 g/mol. The molecule has 0 bridgehead atoms. The van der Waals surface area contributed by atoms with E-state index in [4.69, 9.17) is 18.6 Å². The smallest absolute Gasteiger partial charge is 0.338 e. The van der Waals surface area contributed by atoms with Crippen molar-refractivity contribution in [1.82, 2.24) is 0 Å². The zero-order chi connectivity index (χ0) is 23.2. The van der Waals surface area contributed by atoms with Gasteiger partial charge < -0.3 is 18.6 Å². The molecule has 0 fully saturated rings. The summed E-state index contributed by atoms with van der Waals surface area (Å²) >= 11 is 0. The minimum absolute atomic E-state index is 0.0439. The summed E-state index contributed by atoms with van der Waals surface area (Å²) < 4.78 is 22.1. The van der Waals surface area contributed by atoms with Crippen LogP contribution in [0.15, 0.2) is 88.8 Å². The second kappa shape index (κ2) is 9.87. The number of hydrogen-bond acceptors (Lipinski definition) is 6. The number of esters is 1. The molecule has 1 aromatic heterocycles. The molecular formula is C27H22O6. The topological polar surface area (TPSA) is 75.0 Å². The van der Waals surface area contributed by atoms with E-state index >= 15 is 0 Å². The van der Waals surface area contributed by atoms with Gasteiger partial charge in [0.05, 0.1) is 17.6 Å². The molecule has 0 aliphatic carbocycles. The summed E-state index contributed by atoms with van der Waals surface area (Å²) in [7, 11) is 0. The van der Waals surface area contributed by atoms with E-state index in [1.54, 1.807) is 55.5 Å². The lowest BCUT2D eigenvalue weighted by Crippen LogP contribution is -2.06. The van der Waals surface area contributed by atoms with Crippen LogP contribution in [0, 0.1) is 0 Å². The number of carbonyl (C=O) groups excluding carboxylic acids is 1. The largest absolute Gasteiger partial charge is 0.489 e.